The number of pyridine rings is 2. The zero-order valence-corrected chi connectivity index (χ0v) is 38.3. The third-order valence-corrected chi connectivity index (χ3v) is 10.8. The SMILES string of the molecule is CCn1cc(C(=O)O)c(=O)c2cc(F)c(N3CCNCC3)nc21.N=C1NCC[C@H]([C@@H]2N=C(O)C(=CNC(N)=O)N=C(O)[C@H](CO)N=C(O)[C@H](CO)N=C(O)[C@@H](NC(=O)C[C@@H](N)[C@H](O)CCN)CN=C2O)N1. The molecule has 0 aromatic carbocycles. The number of nitrogens with one attached hydrogen (secondary N) is 6. The Morgan fingerprint density at radius 1 is 1.01 bits per heavy atom. The summed E-state index contributed by atoms with van der Waals surface area (Å²) < 4.78 is 16.0. The average Bonchev–Trinajstić information content (AvgIpc) is 3.33. The summed E-state index contributed by atoms with van der Waals surface area (Å²) in [5.74, 6) is -7.58. The Bertz CT molecular complexity index is 2500. The maximum Gasteiger partial charge on any atom is 0.341 e. The van der Waals surface area contributed by atoms with Crippen LogP contribution < -0.4 is 54.1 Å². The molecular formula is C40H60FN17O13. The number of aliphatic hydroxyl groups is 8. The van der Waals surface area contributed by atoms with Gasteiger partial charge in [-0.1, -0.05) is 0 Å². The summed E-state index contributed by atoms with van der Waals surface area (Å²) in [6.45, 7) is 2.62. The van der Waals surface area contributed by atoms with Crippen molar-refractivity contribution in [1.82, 2.24) is 36.1 Å². The van der Waals surface area contributed by atoms with Crippen LogP contribution in [0.15, 0.2) is 53.9 Å². The van der Waals surface area contributed by atoms with Crippen LogP contribution in [0.4, 0.5) is 15.0 Å². The molecule has 2 fully saturated rings. The van der Waals surface area contributed by atoms with Crippen molar-refractivity contribution in [2.24, 2.45) is 42.2 Å². The molecule has 0 aliphatic carbocycles. The predicted octanol–water partition coefficient (Wildman–Crippen LogP) is -4.16. The summed E-state index contributed by atoms with van der Waals surface area (Å²) in [5, 5.41) is 114. The van der Waals surface area contributed by atoms with Crippen LogP contribution in [0.1, 0.15) is 36.5 Å². The van der Waals surface area contributed by atoms with E-state index in [1.165, 1.54) is 6.20 Å². The third-order valence-electron chi connectivity index (χ3n) is 10.8. The molecule has 21 N–H and O–H groups in total. The number of amides is 3. The van der Waals surface area contributed by atoms with E-state index in [2.05, 4.69) is 51.2 Å². The number of aryl methyl sites for hydroxylation is 1. The third kappa shape index (κ3) is 15.5. The number of urea groups is 1. The number of hydrogen-bond donors (Lipinski definition) is 18. The van der Waals surface area contributed by atoms with E-state index < -0.39 is 133 Å². The van der Waals surface area contributed by atoms with Gasteiger partial charge in [0.1, 0.15) is 29.0 Å². The quantitative estimate of drug-likeness (QED) is 0.0905. The summed E-state index contributed by atoms with van der Waals surface area (Å²) in [5.41, 5.74) is 14.9. The van der Waals surface area contributed by atoms with Crippen LogP contribution in [-0.2, 0) is 11.3 Å². The highest BCUT2D eigenvalue weighted by Crippen LogP contribution is 2.22. The topological polar surface area (TPSA) is 495 Å². The van der Waals surface area contributed by atoms with E-state index >= 15 is 0 Å². The van der Waals surface area contributed by atoms with Crippen molar-refractivity contribution >= 4 is 70.2 Å². The van der Waals surface area contributed by atoms with Gasteiger partial charge in [-0.05, 0) is 32.4 Å². The van der Waals surface area contributed by atoms with E-state index in [9.17, 15) is 64.4 Å². The van der Waals surface area contributed by atoms with Gasteiger partial charge in [-0.3, -0.25) is 20.0 Å². The number of aromatic nitrogens is 2. The first-order valence-corrected chi connectivity index (χ1v) is 22.0. The fourth-order valence-corrected chi connectivity index (χ4v) is 6.99. The first-order chi connectivity index (χ1) is 33.7. The van der Waals surface area contributed by atoms with Gasteiger partial charge < -0.3 is 99.2 Å². The molecular weight excluding hydrogens is 946 g/mol. The number of piperazine rings is 1. The number of aliphatic hydroxyl groups excluding tert-OH is 8. The lowest BCUT2D eigenvalue weighted by molar-refractivity contribution is -0.122. The van der Waals surface area contributed by atoms with Crippen molar-refractivity contribution in [2.45, 2.75) is 75.1 Å². The Kier molecular flexibility index (Phi) is 20.8. The lowest BCUT2D eigenvalue weighted by atomic mass is 10.0. The lowest BCUT2D eigenvalue weighted by Crippen LogP contribution is -2.56. The molecule has 31 heteroatoms. The molecule has 0 bridgehead atoms. The van der Waals surface area contributed by atoms with Crippen molar-refractivity contribution in [3.05, 3.63) is 45.8 Å². The maximum absolute atomic E-state index is 14.4. The minimum atomic E-state index is -1.76. The Morgan fingerprint density at radius 2 is 1.68 bits per heavy atom. The summed E-state index contributed by atoms with van der Waals surface area (Å²) in [6.07, 6.45) is 0.699. The lowest BCUT2D eigenvalue weighted by Gasteiger charge is -2.30. The molecule has 390 valence electrons. The molecule has 0 radical (unpaired) electrons. The van der Waals surface area contributed by atoms with Gasteiger partial charge in [0, 0.05) is 64.1 Å². The number of fused-ring (bicyclic) bond motifs is 1. The minimum Gasteiger partial charge on any atom is -0.495 e. The zero-order valence-electron chi connectivity index (χ0n) is 38.3. The molecule has 7 atom stereocenters. The Balaban J connectivity index is 0.000000392. The normalized spacial score (nSPS) is 22.9. The summed E-state index contributed by atoms with van der Waals surface area (Å²) in [7, 11) is 0. The number of aromatic carboxylic acids is 1. The Labute approximate surface area is 402 Å². The smallest absolute Gasteiger partial charge is 0.341 e. The van der Waals surface area contributed by atoms with Crippen LogP contribution in [0.3, 0.4) is 0 Å². The van der Waals surface area contributed by atoms with E-state index in [4.69, 9.17) is 27.7 Å². The second kappa shape index (κ2) is 26.4. The van der Waals surface area contributed by atoms with Crippen LogP contribution >= 0.6 is 0 Å². The van der Waals surface area contributed by atoms with Crippen molar-refractivity contribution < 1.29 is 64.7 Å². The predicted molar refractivity (Wildman–Crippen MR) is 257 cm³/mol. The van der Waals surface area contributed by atoms with Gasteiger partial charge in [-0.15, -0.1) is 0 Å². The van der Waals surface area contributed by atoms with Crippen LogP contribution in [-0.4, -0.2) is 210 Å². The number of aliphatic imine (C=N–C) groups is 5. The number of carboxylic acid groups (broad SMARTS) is 1. The van der Waals surface area contributed by atoms with E-state index in [-0.39, 0.29) is 48.7 Å². The molecule has 71 heavy (non-hydrogen) atoms. The number of nitrogens with zero attached hydrogens (tertiary/aromatic N) is 8. The molecule has 0 spiro atoms. The molecule has 3 amide bonds. The van der Waals surface area contributed by atoms with Crippen LogP contribution in [0.25, 0.3) is 11.0 Å². The van der Waals surface area contributed by atoms with Crippen LogP contribution in [0.5, 0.6) is 0 Å². The van der Waals surface area contributed by atoms with E-state index in [0.29, 0.717) is 25.3 Å². The highest BCUT2D eigenvalue weighted by Gasteiger charge is 2.32. The zero-order chi connectivity index (χ0) is 52.5. The minimum absolute atomic E-state index is 0.0110. The molecule has 2 aromatic heterocycles. The molecule has 3 aliphatic heterocycles. The van der Waals surface area contributed by atoms with Crippen LogP contribution in [0.2, 0.25) is 0 Å². The second-order valence-corrected chi connectivity index (χ2v) is 15.8. The van der Waals surface area contributed by atoms with Crippen molar-refractivity contribution in [2.75, 3.05) is 63.9 Å². The number of anilines is 1. The van der Waals surface area contributed by atoms with Gasteiger partial charge in [-0.25, -0.2) is 38.9 Å². The van der Waals surface area contributed by atoms with E-state index in [1.807, 2.05) is 17.1 Å². The van der Waals surface area contributed by atoms with Gasteiger partial charge in [0.25, 0.3) is 0 Å². The number of carboxylic acids is 1. The van der Waals surface area contributed by atoms with E-state index in [0.717, 1.165) is 25.4 Å². The highest BCUT2D eigenvalue weighted by molar-refractivity contribution is 5.98. The van der Waals surface area contributed by atoms with Crippen LogP contribution in [0, 0.1) is 11.2 Å². The molecule has 2 saturated heterocycles. The Hall–Kier alpha value is -7.58. The maximum atomic E-state index is 14.4. The summed E-state index contributed by atoms with van der Waals surface area (Å²) >= 11 is 0. The van der Waals surface area contributed by atoms with Crippen molar-refractivity contribution in [1.29, 1.82) is 5.41 Å². The van der Waals surface area contributed by atoms with Gasteiger partial charge >= 0.3 is 12.0 Å². The molecule has 2 aromatic rings. The largest absolute Gasteiger partial charge is 0.495 e. The monoisotopic (exact) mass is 1010 g/mol. The van der Waals surface area contributed by atoms with Gasteiger partial charge in [0.05, 0.1) is 37.3 Å². The number of guanidine groups is 1. The first kappa shape index (κ1) is 56.0. The summed E-state index contributed by atoms with van der Waals surface area (Å²) in [4.78, 5) is 73.0. The number of rotatable bonds is 13. The fourth-order valence-electron chi connectivity index (χ4n) is 6.99. The fraction of sp³-hybridized carbons (Fsp3) is 0.525. The second-order valence-electron chi connectivity index (χ2n) is 15.8. The Morgan fingerprint density at radius 3 is 2.28 bits per heavy atom. The first-order valence-electron chi connectivity index (χ1n) is 22.0. The van der Waals surface area contributed by atoms with Crippen molar-refractivity contribution in [3.8, 4) is 0 Å². The molecule has 0 unspecified atom stereocenters. The molecule has 5 rings (SSSR count). The van der Waals surface area contributed by atoms with Gasteiger partial charge in [0.15, 0.2) is 29.7 Å². The number of carbonyl (C=O) groups is 3. The molecule has 30 nitrogen and oxygen atoms in total. The van der Waals surface area contributed by atoms with Gasteiger partial charge in [0.2, 0.25) is 40.8 Å². The molecule has 0 saturated carbocycles. The standard InChI is InChI=1S/C25H43N13O10.C15H17FN4O3/c26-3-1-16(41)10(27)5-17(42)33-12-6-31-23(47)18(11-2-4-30-24(28)37-11)38-20(44)13(7-32-25(29)48)34-21(45)14(8-39)36-22(46)15(9-40)35-19(12)43;1-2-19-8-10(15(22)23)12(21)9-7-11(16)14(18-13(9)19)20-5-3-17-4-6-20/h7,10-12,14-16,18,39-41H,1-6,8-9,26-27H2,(H,31,47)(H,33,42)(H,34,45)(H,35,43)(H,36,46)(H,38,44)(H3,28,30,37)(H3,29,32,48);7-8,17H,2-6H2,1H3,(H,22,23)/t10-,11-,12+,14+,15+,16-,18+;/m1./s1. The van der Waals surface area contributed by atoms with Gasteiger partial charge in [-0.2, -0.15) is 0 Å². The molecule has 5 heterocycles. The number of halogens is 1. The summed E-state index contributed by atoms with van der Waals surface area (Å²) in [6, 6.07) is -8.55. The number of carbonyl (C=O) groups excluding carboxylic acids is 2. The van der Waals surface area contributed by atoms with E-state index in [1.54, 1.807) is 4.57 Å². The highest BCUT2D eigenvalue weighted by atomic mass is 19.1. The number of hydrogen-bond acceptors (Lipinski definition) is 18. The molecule has 3 aliphatic rings. The number of primary amides is 1. The number of nitrogens with two attached hydrogens (primary N) is 3. The van der Waals surface area contributed by atoms with Crippen molar-refractivity contribution in [3.63, 3.8) is 0 Å². The average molecular weight is 1010 g/mol.